The Hall–Kier alpha value is -2.96. The molecule has 3 amide bonds. The number of nitrogens with zero attached hydrogens (tertiary/aromatic N) is 4. The Morgan fingerprint density at radius 1 is 1.17 bits per heavy atom. The molecule has 0 spiro atoms. The molecule has 2 aromatic rings. The van der Waals surface area contributed by atoms with Crippen LogP contribution < -0.4 is 0 Å². The molecule has 0 saturated carbocycles. The average molecular weight is 312 g/mol. The van der Waals surface area contributed by atoms with Crippen LogP contribution in [0.4, 0.5) is 4.79 Å². The Morgan fingerprint density at radius 3 is 2.26 bits per heavy atom. The molecule has 0 saturated heterocycles. The third-order valence-corrected chi connectivity index (χ3v) is 3.50. The number of benzene rings is 1. The lowest BCUT2D eigenvalue weighted by Gasteiger charge is -2.31. The van der Waals surface area contributed by atoms with Crippen LogP contribution in [0.15, 0.2) is 43.0 Å². The molecule has 23 heavy (non-hydrogen) atoms. The van der Waals surface area contributed by atoms with Crippen molar-refractivity contribution >= 4 is 17.8 Å². The van der Waals surface area contributed by atoms with E-state index in [1.165, 1.54) is 28.3 Å². The summed E-state index contributed by atoms with van der Waals surface area (Å²) in [7, 11) is 0. The van der Waals surface area contributed by atoms with Crippen molar-refractivity contribution in [2.24, 2.45) is 5.92 Å². The van der Waals surface area contributed by atoms with Gasteiger partial charge >= 0.3 is 6.03 Å². The summed E-state index contributed by atoms with van der Waals surface area (Å²) in [5.74, 6) is -0.897. The van der Waals surface area contributed by atoms with E-state index in [-0.39, 0.29) is 12.5 Å². The Bertz CT molecular complexity index is 732. The number of amides is 3. The standard InChI is InChI=1S/C16H16N4O3/c1-11(2)9-19(16(23)18-8-7-17-10-18)20-14(21)12-5-3-4-6-13(12)15(20)22/h3-8,10-11H,9H2,1-2H3. The Balaban J connectivity index is 2.00. The van der Waals surface area contributed by atoms with Crippen LogP contribution >= 0.6 is 0 Å². The van der Waals surface area contributed by atoms with Crippen molar-refractivity contribution in [1.82, 2.24) is 19.6 Å². The first kappa shape index (κ1) is 15.0. The van der Waals surface area contributed by atoms with Crippen molar-refractivity contribution in [2.45, 2.75) is 13.8 Å². The number of hydrazine groups is 1. The zero-order valence-corrected chi connectivity index (χ0v) is 12.8. The topological polar surface area (TPSA) is 75.5 Å². The van der Waals surface area contributed by atoms with Gasteiger partial charge in [0.05, 0.1) is 11.1 Å². The van der Waals surface area contributed by atoms with E-state index < -0.39 is 17.8 Å². The number of carbonyl (C=O) groups excluding carboxylic acids is 3. The summed E-state index contributed by atoms with van der Waals surface area (Å²) >= 11 is 0. The normalized spacial score (nSPS) is 13.6. The molecule has 1 aliphatic heterocycles. The third-order valence-electron chi connectivity index (χ3n) is 3.50. The van der Waals surface area contributed by atoms with Crippen molar-refractivity contribution < 1.29 is 14.4 Å². The highest BCUT2D eigenvalue weighted by molar-refractivity contribution is 6.21. The van der Waals surface area contributed by atoms with Gasteiger partial charge in [0.25, 0.3) is 11.8 Å². The van der Waals surface area contributed by atoms with Gasteiger partial charge in [-0.2, -0.15) is 5.01 Å². The molecule has 0 bridgehead atoms. The van der Waals surface area contributed by atoms with Crippen LogP contribution in [-0.4, -0.2) is 44.0 Å². The largest absolute Gasteiger partial charge is 0.348 e. The summed E-state index contributed by atoms with van der Waals surface area (Å²) < 4.78 is 1.24. The predicted octanol–water partition coefficient (Wildman–Crippen LogP) is 2.02. The Morgan fingerprint density at radius 2 is 1.78 bits per heavy atom. The number of fused-ring (bicyclic) bond motifs is 1. The maximum atomic E-state index is 12.7. The summed E-state index contributed by atoms with van der Waals surface area (Å²) in [5, 5.41) is 2.10. The Kier molecular flexibility index (Phi) is 3.69. The van der Waals surface area contributed by atoms with E-state index in [4.69, 9.17) is 0 Å². The third kappa shape index (κ3) is 2.50. The fourth-order valence-corrected chi connectivity index (χ4v) is 2.49. The van der Waals surface area contributed by atoms with E-state index in [1.54, 1.807) is 24.3 Å². The van der Waals surface area contributed by atoms with Crippen LogP contribution in [0.3, 0.4) is 0 Å². The minimum Gasteiger partial charge on any atom is -0.267 e. The molecular weight excluding hydrogens is 296 g/mol. The van der Waals surface area contributed by atoms with Crippen molar-refractivity contribution in [3.8, 4) is 0 Å². The van der Waals surface area contributed by atoms with Gasteiger partial charge in [-0.05, 0) is 18.1 Å². The van der Waals surface area contributed by atoms with E-state index >= 15 is 0 Å². The van der Waals surface area contributed by atoms with Gasteiger partial charge in [-0.1, -0.05) is 26.0 Å². The van der Waals surface area contributed by atoms with E-state index in [0.717, 1.165) is 5.01 Å². The van der Waals surface area contributed by atoms with Gasteiger partial charge in [0, 0.05) is 18.9 Å². The van der Waals surface area contributed by atoms with Gasteiger partial charge in [0.1, 0.15) is 6.33 Å². The van der Waals surface area contributed by atoms with Crippen LogP contribution in [0, 0.1) is 5.92 Å². The maximum Gasteiger partial charge on any atom is 0.348 e. The highest BCUT2D eigenvalue weighted by Crippen LogP contribution is 2.25. The van der Waals surface area contributed by atoms with Gasteiger partial charge in [0.15, 0.2) is 0 Å². The summed E-state index contributed by atoms with van der Waals surface area (Å²) in [6.45, 7) is 4.06. The first-order chi connectivity index (χ1) is 11.0. The Labute approximate surface area is 133 Å². The molecule has 2 heterocycles. The van der Waals surface area contributed by atoms with Crippen LogP contribution in [-0.2, 0) is 0 Å². The second-order valence-corrected chi connectivity index (χ2v) is 5.70. The van der Waals surface area contributed by atoms with E-state index in [9.17, 15) is 14.4 Å². The smallest absolute Gasteiger partial charge is 0.267 e. The monoisotopic (exact) mass is 312 g/mol. The van der Waals surface area contributed by atoms with Crippen molar-refractivity contribution in [3.05, 3.63) is 54.1 Å². The van der Waals surface area contributed by atoms with Crippen LogP contribution in [0.5, 0.6) is 0 Å². The molecule has 7 heteroatoms. The van der Waals surface area contributed by atoms with Gasteiger partial charge < -0.3 is 0 Å². The second kappa shape index (κ2) is 5.68. The molecule has 0 radical (unpaired) electrons. The number of imidazole rings is 1. The molecule has 1 aromatic carbocycles. The lowest BCUT2D eigenvalue weighted by Crippen LogP contribution is -2.52. The predicted molar refractivity (Wildman–Crippen MR) is 81.5 cm³/mol. The minimum atomic E-state index is -0.495. The van der Waals surface area contributed by atoms with Gasteiger partial charge in [-0.25, -0.2) is 14.8 Å². The molecule has 3 rings (SSSR count). The molecule has 0 aliphatic carbocycles. The maximum absolute atomic E-state index is 12.7. The number of aromatic nitrogens is 2. The quantitative estimate of drug-likeness (QED) is 0.813. The first-order valence-electron chi connectivity index (χ1n) is 7.28. The van der Waals surface area contributed by atoms with Crippen LogP contribution in [0.2, 0.25) is 0 Å². The number of rotatable bonds is 3. The summed E-state index contributed by atoms with van der Waals surface area (Å²) in [4.78, 5) is 41.7. The van der Waals surface area contributed by atoms with Gasteiger partial charge in [-0.3, -0.25) is 14.2 Å². The molecule has 1 aliphatic rings. The second-order valence-electron chi connectivity index (χ2n) is 5.70. The molecule has 0 fully saturated rings. The summed E-state index contributed by atoms with van der Waals surface area (Å²) in [6, 6.07) is 6.07. The summed E-state index contributed by atoms with van der Waals surface area (Å²) in [5.41, 5.74) is 0.620. The SMILES string of the molecule is CC(C)CN(C(=O)n1ccnc1)N1C(=O)c2ccccc2C1=O. The van der Waals surface area contributed by atoms with E-state index in [0.29, 0.717) is 11.1 Å². The lowest BCUT2D eigenvalue weighted by molar-refractivity contribution is 0.0148. The van der Waals surface area contributed by atoms with Gasteiger partial charge in [0.2, 0.25) is 0 Å². The fraction of sp³-hybridized carbons (Fsp3) is 0.250. The highest BCUT2D eigenvalue weighted by Gasteiger charge is 2.41. The summed E-state index contributed by atoms with van der Waals surface area (Å²) in [6.07, 6.45) is 4.29. The zero-order chi connectivity index (χ0) is 16.6. The number of hydrogen-bond donors (Lipinski definition) is 0. The fourth-order valence-electron chi connectivity index (χ4n) is 2.49. The molecule has 0 unspecified atom stereocenters. The number of hydrogen-bond acceptors (Lipinski definition) is 4. The minimum absolute atomic E-state index is 0.0757. The highest BCUT2D eigenvalue weighted by atomic mass is 16.2. The number of carbonyl (C=O) groups is 3. The van der Waals surface area contributed by atoms with Crippen LogP contribution in [0.25, 0.3) is 0 Å². The molecule has 0 atom stereocenters. The zero-order valence-electron chi connectivity index (χ0n) is 12.8. The molecular formula is C16H16N4O3. The first-order valence-corrected chi connectivity index (χ1v) is 7.28. The lowest BCUT2D eigenvalue weighted by atomic mass is 10.1. The van der Waals surface area contributed by atoms with Gasteiger partial charge in [-0.15, -0.1) is 0 Å². The number of imide groups is 1. The van der Waals surface area contributed by atoms with Crippen LogP contribution in [0.1, 0.15) is 34.6 Å². The molecule has 118 valence electrons. The molecule has 1 aromatic heterocycles. The molecule has 0 N–H and O–H groups in total. The van der Waals surface area contributed by atoms with Crippen molar-refractivity contribution in [3.63, 3.8) is 0 Å². The van der Waals surface area contributed by atoms with Crippen molar-refractivity contribution in [2.75, 3.05) is 6.54 Å². The van der Waals surface area contributed by atoms with E-state index in [1.807, 2.05) is 13.8 Å². The average Bonchev–Trinajstić information content (AvgIpc) is 3.14. The van der Waals surface area contributed by atoms with Crippen molar-refractivity contribution in [1.29, 1.82) is 0 Å². The molecule has 7 nitrogen and oxygen atoms in total. The van der Waals surface area contributed by atoms with E-state index in [2.05, 4.69) is 4.98 Å².